The number of hydrogen-bond donors (Lipinski definition) is 6. The number of ether oxygens (including phenoxy) is 6. The van der Waals surface area contributed by atoms with Crippen molar-refractivity contribution in [1.82, 2.24) is 0 Å². The molecule has 0 fully saturated rings. The Morgan fingerprint density at radius 3 is 1.20 bits per heavy atom. The smallest absolute Gasteiger partial charge is 0.344 e. The Morgan fingerprint density at radius 1 is 0.440 bits per heavy atom. The highest BCUT2D eigenvalue weighted by Crippen LogP contribution is 2.38. The predicted molar refractivity (Wildman–Crippen MR) is 435 cm³/mol. The highest BCUT2D eigenvalue weighted by Gasteiger charge is 2.25. The van der Waals surface area contributed by atoms with Crippen molar-refractivity contribution in [1.29, 1.82) is 0 Å². The number of benzene rings is 6. The molecule has 0 saturated carbocycles. The van der Waals surface area contributed by atoms with E-state index in [0.717, 1.165) is 72.3 Å². The number of Topliss-reactive ketones (excluding diaryl/α,β-unsaturated/α-hetero) is 3. The van der Waals surface area contributed by atoms with E-state index in [4.69, 9.17) is 82.3 Å². The molecule has 35 heteroatoms. The van der Waals surface area contributed by atoms with Crippen LogP contribution in [0.2, 0.25) is 10.0 Å². The van der Waals surface area contributed by atoms with Crippen LogP contribution < -0.4 is 28.4 Å². The molecule has 0 bridgehead atoms. The largest absolute Gasteiger partial charge is 0.479 e. The lowest BCUT2D eigenvalue weighted by Gasteiger charge is -2.15. The highest BCUT2D eigenvalue weighted by atomic mass is 79.9. The number of carbonyl (C=O) groups is 9. The SMILES string of the molecule is CC(=O)c1cc(Cl)ccc1O[C@@H](C)C(=O)O.CCC(=O)c1cc(F)cc(F)c1O[C@@H](C)C(=O)O.CCC(=O)c1cc(F)ccc1O[C@@H](C)C(=O)O.C[C@H](Oc1ccc(Br)cc1C1=CCCC1)C(=O)O.C[C@H](Oc1ccc(Br)cc1C=C(F)F)C(=O)O.C[C@H](Oc1ccc(Cl)cc1C1=CCCC1)C(=O)O.S.S.S.S.S. The van der Waals surface area contributed by atoms with Crippen molar-refractivity contribution in [2.24, 2.45) is 0 Å². The zero-order valence-corrected chi connectivity index (χ0v) is 69.6. The molecule has 6 N–H and O–H groups in total. The number of hydrogen-bond acceptors (Lipinski definition) is 15. The third kappa shape index (κ3) is 36.2. The topological polar surface area (TPSA) is 330 Å². The molecular formula is C74H85Br2Cl2F5O21S5. The fraction of sp³-hybridized carbons (Fsp3) is 0.311. The van der Waals surface area contributed by atoms with E-state index >= 15 is 0 Å². The molecule has 2 aliphatic carbocycles. The van der Waals surface area contributed by atoms with E-state index in [1.54, 1.807) is 25.1 Å². The van der Waals surface area contributed by atoms with Crippen LogP contribution in [-0.2, 0) is 28.8 Å². The summed E-state index contributed by atoms with van der Waals surface area (Å²) in [6.45, 7) is 12.8. The number of halogens is 9. The molecule has 600 valence electrons. The van der Waals surface area contributed by atoms with Crippen LogP contribution in [-0.4, -0.2) is 120 Å². The average Bonchev–Trinajstić information content (AvgIpc) is 1.28. The number of rotatable bonds is 26. The van der Waals surface area contributed by atoms with Crippen molar-refractivity contribution in [3.05, 3.63) is 191 Å². The summed E-state index contributed by atoms with van der Waals surface area (Å²) in [6.07, 6.45) is 3.46. The van der Waals surface area contributed by atoms with Crippen LogP contribution in [0.15, 0.2) is 130 Å². The third-order valence-electron chi connectivity index (χ3n) is 14.3. The zero-order chi connectivity index (χ0) is 78.4. The van der Waals surface area contributed by atoms with Crippen molar-refractivity contribution in [3.8, 4) is 34.5 Å². The van der Waals surface area contributed by atoms with E-state index in [9.17, 15) is 65.1 Å². The first-order chi connectivity index (χ1) is 48.8. The highest BCUT2D eigenvalue weighted by molar-refractivity contribution is 9.10. The van der Waals surface area contributed by atoms with E-state index in [-0.39, 0.29) is 131 Å². The van der Waals surface area contributed by atoms with Crippen LogP contribution in [0, 0.1) is 17.5 Å². The van der Waals surface area contributed by atoms with Crippen LogP contribution in [0.25, 0.3) is 17.2 Å². The maximum absolute atomic E-state index is 13.5. The molecule has 0 spiro atoms. The first kappa shape index (κ1) is 105. The Kier molecular flexibility index (Phi) is 50.5. The van der Waals surface area contributed by atoms with Gasteiger partial charge in [0.2, 0.25) is 0 Å². The zero-order valence-electron chi connectivity index (χ0n) is 59.9. The molecule has 0 aliphatic heterocycles. The van der Waals surface area contributed by atoms with Crippen molar-refractivity contribution in [2.75, 3.05) is 0 Å². The summed E-state index contributed by atoms with van der Waals surface area (Å²) in [5.74, 6) is -9.16. The summed E-state index contributed by atoms with van der Waals surface area (Å²) in [7, 11) is 0. The molecule has 2 aliphatic rings. The standard InChI is InChI=1S/C14H15BrO3.C14H15ClO3.C12H12F2O4.C12H13FO4.C11H9BrF2O3.C11H11ClO4.5H2S/c2*1-9(14(16)17)18-13-7-6-11(15)8-12(13)10-4-2-3-5-10;1-3-10(15)8-4-7(13)5-9(14)11(8)18-6(2)12(16)17;1-3-10(14)9-6-8(13)4-5-11(9)17-7(2)12(15)16;1-6(11(15)16)17-9-3-2-8(12)4-7(9)5-10(13)14;1-6(13)9-5-8(12)3-4-10(9)16-7(2)11(14)15;;;;;/h2*4,6-9H,2-3,5H2,1H3,(H,16,17);4-6H,3H2,1-2H3,(H,16,17);4-7H,3H2,1-2H3,(H,15,16);2-6H,1H3,(H,15,16);3-5,7H,1-2H3,(H,14,15);5*1H2/t2*9-;6-;7-;6-;7-;;;;;/m000000...../s1. The van der Waals surface area contributed by atoms with Gasteiger partial charge < -0.3 is 59.1 Å². The molecule has 0 radical (unpaired) electrons. The third-order valence-corrected chi connectivity index (χ3v) is 15.8. The first-order valence-corrected chi connectivity index (χ1v) is 34.0. The number of aliphatic carboxylic acids is 6. The molecule has 21 nitrogen and oxygen atoms in total. The van der Waals surface area contributed by atoms with Crippen LogP contribution in [0.4, 0.5) is 22.0 Å². The van der Waals surface area contributed by atoms with E-state index in [1.807, 2.05) is 24.3 Å². The fourth-order valence-electron chi connectivity index (χ4n) is 8.80. The number of carbonyl (C=O) groups excluding carboxylic acids is 3. The van der Waals surface area contributed by atoms with Crippen LogP contribution in [0.5, 0.6) is 34.5 Å². The van der Waals surface area contributed by atoms with Crippen molar-refractivity contribution >= 4 is 193 Å². The first-order valence-electron chi connectivity index (χ1n) is 31.6. The maximum Gasteiger partial charge on any atom is 0.344 e. The van der Waals surface area contributed by atoms with Crippen LogP contribution >= 0.6 is 123 Å². The molecule has 0 aromatic heterocycles. The summed E-state index contributed by atoms with van der Waals surface area (Å²) in [6, 6.07) is 24.7. The van der Waals surface area contributed by atoms with Gasteiger partial charge in [-0.15, -0.1) is 0 Å². The second kappa shape index (κ2) is 52.3. The van der Waals surface area contributed by atoms with Gasteiger partial charge in [0, 0.05) is 60.7 Å². The summed E-state index contributed by atoms with van der Waals surface area (Å²) in [5, 5.41) is 53.6. The summed E-state index contributed by atoms with van der Waals surface area (Å²) in [5.41, 5.74) is 4.51. The molecule has 6 atom stereocenters. The van der Waals surface area contributed by atoms with Crippen molar-refractivity contribution < 1.29 is 124 Å². The van der Waals surface area contributed by atoms with Gasteiger partial charge in [-0.05, 0) is 195 Å². The lowest BCUT2D eigenvalue weighted by molar-refractivity contribution is -0.145. The Labute approximate surface area is 688 Å². The van der Waals surface area contributed by atoms with Gasteiger partial charge >= 0.3 is 35.8 Å². The molecule has 109 heavy (non-hydrogen) atoms. The lowest BCUT2D eigenvalue weighted by Crippen LogP contribution is -2.24. The molecule has 6 aromatic carbocycles. The number of carboxylic acid groups (broad SMARTS) is 6. The minimum Gasteiger partial charge on any atom is -0.479 e. The summed E-state index contributed by atoms with van der Waals surface area (Å²) in [4.78, 5) is 98.5. The summed E-state index contributed by atoms with van der Waals surface area (Å²) >= 11 is 18.3. The molecule has 8 rings (SSSR count). The van der Waals surface area contributed by atoms with Gasteiger partial charge in [-0.2, -0.15) is 76.3 Å². The lowest BCUT2D eigenvalue weighted by atomic mass is 10.0. The molecule has 0 heterocycles. The van der Waals surface area contributed by atoms with Gasteiger partial charge in [0.15, 0.2) is 65.5 Å². The minimum atomic E-state index is -1.88. The Morgan fingerprint density at radius 2 is 0.789 bits per heavy atom. The van der Waals surface area contributed by atoms with Crippen molar-refractivity contribution in [2.45, 2.75) is 150 Å². The molecular weight excluding hydrogens is 1710 g/mol. The number of ketones is 3. The Bertz CT molecular complexity index is 4100. The fourth-order valence-corrected chi connectivity index (χ4v) is 9.89. The van der Waals surface area contributed by atoms with Crippen LogP contribution in [0.3, 0.4) is 0 Å². The van der Waals surface area contributed by atoms with E-state index in [0.29, 0.717) is 38.2 Å². The van der Waals surface area contributed by atoms with Crippen LogP contribution in [0.1, 0.15) is 161 Å². The molecule has 6 aromatic rings. The summed E-state index contributed by atoms with van der Waals surface area (Å²) < 4.78 is 96.7. The van der Waals surface area contributed by atoms with E-state index < -0.39 is 108 Å². The van der Waals surface area contributed by atoms with Gasteiger partial charge in [-0.3, -0.25) is 14.4 Å². The second-order valence-electron chi connectivity index (χ2n) is 22.4. The molecule has 0 saturated heterocycles. The van der Waals surface area contributed by atoms with E-state index in [2.05, 4.69) is 44.0 Å². The van der Waals surface area contributed by atoms with Gasteiger partial charge in [0.05, 0.1) is 16.7 Å². The number of allylic oxidation sites excluding steroid dienone is 4. The number of carboxylic acids is 6. The minimum absolute atomic E-state index is 0. The normalized spacial score (nSPS) is 12.8. The van der Waals surface area contributed by atoms with E-state index in [1.165, 1.54) is 103 Å². The maximum atomic E-state index is 13.5. The van der Waals surface area contributed by atoms with Crippen molar-refractivity contribution in [3.63, 3.8) is 0 Å². The monoisotopic (exact) mass is 1790 g/mol. The van der Waals surface area contributed by atoms with Gasteiger partial charge in [0.25, 0.3) is 6.08 Å². The predicted octanol–water partition coefficient (Wildman–Crippen LogP) is 18.8. The molecule has 0 unspecified atom stereocenters. The Hall–Kier alpha value is -7.89. The van der Waals surface area contributed by atoms with Gasteiger partial charge in [0.1, 0.15) is 40.4 Å². The average molecular weight is 1800 g/mol. The van der Waals surface area contributed by atoms with Gasteiger partial charge in [-0.25, -0.2) is 41.9 Å². The Balaban J connectivity index is -0.00000123. The molecule has 0 amide bonds. The van der Waals surface area contributed by atoms with Gasteiger partial charge in [-0.1, -0.05) is 81.1 Å². The quantitative estimate of drug-likeness (QED) is 0.0217. The second-order valence-corrected chi connectivity index (χ2v) is 25.1.